The number of hydrogen-bond acceptors (Lipinski definition) is 2. The van der Waals surface area contributed by atoms with Crippen LogP contribution < -0.4 is 10.5 Å². The highest BCUT2D eigenvalue weighted by molar-refractivity contribution is 9.10. The fourth-order valence-electron chi connectivity index (χ4n) is 2.77. The molecule has 0 saturated heterocycles. The van der Waals surface area contributed by atoms with Crippen LogP contribution in [-0.4, -0.2) is 19.1 Å². The van der Waals surface area contributed by atoms with Crippen LogP contribution in [-0.2, 0) is 6.42 Å². The Labute approximate surface area is 126 Å². The Morgan fingerprint density at radius 3 is 2.60 bits per heavy atom. The number of halogens is 3. The van der Waals surface area contributed by atoms with Gasteiger partial charge in [-0.2, -0.15) is 0 Å². The molecule has 1 aliphatic rings. The summed E-state index contributed by atoms with van der Waals surface area (Å²) in [5.74, 6) is -1.52. The van der Waals surface area contributed by atoms with E-state index >= 15 is 0 Å². The van der Waals surface area contributed by atoms with E-state index in [-0.39, 0.29) is 24.8 Å². The van der Waals surface area contributed by atoms with Gasteiger partial charge in [-0.05, 0) is 58.8 Å². The van der Waals surface area contributed by atoms with Gasteiger partial charge < -0.3 is 10.5 Å². The Morgan fingerprint density at radius 2 is 2.05 bits per heavy atom. The Balaban J connectivity index is 1.94. The number of alkyl halides is 2. The zero-order valence-electron chi connectivity index (χ0n) is 11.5. The van der Waals surface area contributed by atoms with Crippen LogP contribution in [0.25, 0.3) is 0 Å². The third-order valence-corrected chi connectivity index (χ3v) is 4.67. The van der Waals surface area contributed by atoms with Crippen molar-refractivity contribution in [2.24, 2.45) is 11.7 Å². The molecule has 1 aliphatic carbocycles. The summed E-state index contributed by atoms with van der Waals surface area (Å²) >= 11 is 3.44. The van der Waals surface area contributed by atoms with Crippen molar-refractivity contribution >= 4 is 15.9 Å². The summed E-state index contributed by atoms with van der Waals surface area (Å²) in [4.78, 5) is 0. The minimum Gasteiger partial charge on any atom is -0.496 e. The quantitative estimate of drug-likeness (QED) is 0.887. The van der Waals surface area contributed by atoms with Gasteiger partial charge >= 0.3 is 0 Å². The average Bonchev–Trinajstić information content (AvgIpc) is 2.38. The first-order valence-corrected chi connectivity index (χ1v) is 7.66. The van der Waals surface area contributed by atoms with E-state index in [0.29, 0.717) is 19.3 Å². The van der Waals surface area contributed by atoms with Crippen LogP contribution in [0.15, 0.2) is 22.7 Å². The van der Waals surface area contributed by atoms with E-state index in [2.05, 4.69) is 15.9 Å². The van der Waals surface area contributed by atoms with Crippen molar-refractivity contribution < 1.29 is 13.5 Å². The lowest BCUT2D eigenvalue weighted by molar-refractivity contribution is -0.0481. The molecule has 20 heavy (non-hydrogen) atoms. The van der Waals surface area contributed by atoms with E-state index in [4.69, 9.17) is 10.5 Å². The van der Waals surface area contributed by atoms with Crippen molar-refractivity contribution in [2.75, 3.05) is 7.11 Å². The van der Waals surface area contributed by atoms with E-state index in [1.165, 1.54) is 0 Å². The SMILES string of the molecule is COc1ccc(CC(N)C2CCC(F)(F)CC2)cc1Br. The molecule has 5 heteroatoms. The number of nitrogens with two attached hydrogens (primary N) is 1. The first kappa shape index (κ1) is 15.7. The normalized spacial score (nSPS) is 20.6. The van der Waals surface area contributed by atoms with E-state index in [0.717, 1.165) is 15.8 Å². The minimum absolute atomic E-state index is 0.0301. The molecule has 2 rings (SSSR count). The lowest BCUT2D eigenvalue weighted by atomic mass is 9.80. The zero-order valence-corrected chi connectivity index (χ0v) is 13.1. The third kappa shape index (κ3) is 3.92. The van der Waals surface area contributed by atoms with Crippen LogP contribution >= 0.6 is 15.9 Å². The molecule has 0 aromatic heterocycles. The van der Waals surface area contributed by atoms with E-state index in [1.54, 1.807) is 7.11 Å². The van der Waals surface area contributed by atoms with Crippen molar-refractivity contribution in [3.05, 3.63) is 28.2 Å². The predicted molar refractivity (Wildman–Crippen MR) is 79.3 cm³/mol. The van der Waals surface area contributed by atoms with Crippen LogP contribution in [0.3, 0.4) is 0 Å². The lowest BCUT2D eigenvalue weighted by Gasteiger charge is -2.32. The third-order valence-electron chi connectivity index (χ3n) is 4.05. The van der Waals surface area contributed by atoms with Crippen molar-refractivity contribution in [2.45, 2.75) is 44.1 Å². The summed E-state index contributed by atoms with van der Waals surface area (Å²) in [5.41, 5.74) is 7.30. The molecule has 112 valence electrons. The van der Waals surface area contributed by atoms with Crippen molar-refractivity contribution in [3.8, 4) is 5.75 Å². The second-order valence-electron chi connectivity index (χ2n) is 5.53. The topological polar surface area (TPSA) is 35.2 Å². The van der Waals surface area contributed by atoms with E-state index in [1.807, 2.05) is 18.2 Å². The highest BCUT2D eigenvalue weighted by Crippen LogP contribution is 2.37. The fraction of sp³-hybridized carbons (Fsp3) is 0.600. The molecule has 1 saturated carbocycles. The summed E-state index contributed by atoms with van der Waals surface area (Å²) in [6.07, 6.45) is 1.69. The Hall–Kier alpha value is -0.680. The van der Waals surface area contributed by atoms with E-state index in [9.17, 15) is 8.78 Å². The molecule has 0 spiro atoms. The highest BCUT2D eigenvalue weighted by atomic mass is 79.9. The summed E-state index contributed by atoms with van der Waals surface area (Å²) in [7, 11) is 1.62. The van der Waals surface area contributed by atoms with E-state index < -0.39 is 5.92 Å². The minimum atomic E-state index is -2.49. The van der Waals surface area contributed by atoms with Gasteiger partial charge in [0, 0.05) is 18.9 Å². The molecule has 1 aromatic rings. The predicted octanol–water partition coefficient (Wildman–Crippen LogP) is 4.15. The van der Waals surface area contributed by atoms with Gasteiger partial charge in [0.2, 0.25) is 5.92 Å². The standard InChI is InChI=1S/C15H20BrF2NO/c1-20-14-3-2-10(8-12(14)16)9-13(19)11-4-6-15(17,18)7-5-11/h2-3,8,11,13H,4-7,9,19H2,1H3. The highest BCUT2D eigenvalue weighted by Gasteiger charge is 2.36. The summed E-state index contributed by atoms with van der Waals surface area (Å²) in [6.45, 7) is 0. The molecule has 0 amide bonds. The molecule has 0 bridgehead atoms. The zero-order chi connectivity index (χ0) is 14.8. The molecule has 1 unspecified atom stereocenters. The number of hydrogen-bond donors (Lipinski definition) is 1. The number of ether oxygens (including phenoxy) is 1. The van der Waals surface area contributed by atoms with Gasteiger partial charge in [0.25, 0.3) is 0 Å². The Morgan fingerprint density at radius 1 is 1.40 bits per heavy atom. The van der Waals surface area contributed by atoms with Crippen LogP contribution in [0.5, 0.6) is 5.75 Å². The van der Waals surface area contributed by atoms with Crippen molar-refractivity contribution in [1.29, 1.82) is 0 Å². The lowest BCUT2D eigenvalue weighted by Crippen LogP contribution is -2.37. The molecule has 2 nitrogen and oxygen atoms in total. The number of benzene rings is 1. The monoisotopic (exact) mass is 347 g/mol. The number of methoxy groups -OCH3 is 1. The van der Waals surface area contributed by atoms with Crippen LogP contribution in [0.4, 0.5) is 8.78 Å². The molecule has 1 aromatic carbocycles. The van der Waals surface area contributed by atoms with Gasteiger partial charge in [-0.15, -0.1) is 0 Å². The maximum atomic E-state index is 13.1. The van der Waals surface area contributed by atoms with Crippen LogP contribution in [0.1, 0.15) is 31.2 Å². The second-order valence-corrected chi connectivity index (χ2v) is 6.38. The van der Waals surface area contributed by atoms with Crippen LogP contribution in [0.2, 0.25) is 0 Å². The van der Waals surface area contributed by atoms with Gasteiger partial charge in [0.15, 0.2) is 0 Å². The fourth-order valence-corrected chi connectivity index (χ4v) is 3.35. The second kappa shape index (κ2) is 6.39. The molecular weight excluding hydrogens is 328 g/mol. The van der Waals surface area contributed by atoms with Crippen molar-refractivity contribution in [1.82, 2.24) is 0 Å². The van der Waals surface area contributed by atoms with Gasteiger partial charge in [-0.3, -0.25) is 0 Å². The van der Waals surface area contributed by atoms with Crippen LogP contribution in [0, 0.1) is 5.92 Å². The molecule has 1 atom stereocenters. The maximum Gasteiger partial charge on any atom is 0.248 e. The maximum absolute atomic E-state index is 13.1. The number of rotatable bonds is 4. The van der Waals surface area contributed by atoms with Gasteiger partial charge in [-0.25, -0.2) is 8.78 Å². The summed E-state index contributed by atoms with van der Waals surface area (Å²) in [5, 5.41) is 0. The van der Waals surface area contributed by atoms with Crippen molar-refractivity contribution in [3.63, 3.8) is 0 Å². The van der Waals surface area contributed by atoms with Gasteiger partial charge in [0.05, 0.1) is 11.6 Å². The molecule has 1 fully saturated rings. The first-order chi connectivity index (χ1) is 9.41. The molecule has 0 radical (unpaired) electrons. The summed E-state index contributed by atoms with van der Waals surface area (Å²) < 4.78 is 32.4. The van der Waals surface area contributed by atoms with Gasteiger partial charge in [-0.1, -0.05) is 6.07 Å². The first-order valence-electron chi connectivity index (χ1n) is 6.87. The Bertz CT molecular complexity index is 457. The smallest absolute Gasteiger partial charge is 0.248 e. The Kier molecular flexibility index (Phi) is 5.02. The average molecular weight is 348 g/mol. The van der Waals surface area contributed by atoms with Gasteiger partial charge in [0.1, 0.15) is 5.75 Å². The molecule has 2 N–H and O–H groups in total. The molecule has 0 aliphatic heterocycles. The molecule has 0 heterocycles. The summed E-state index contributed by atoms with van der Waals surface area (Å²) in [6, 6.07) is 5.78. The molecular formula is C15H20BrF2NO. The largest absolute Gasteiger partial charge is 0.496 e.